The summed E-state index contributed by atoms with van der Waals surface area (Å²) in [6, 6.07) is 11.8. The second-order valence-electron chi connectivity index (χ2n) is 13.0. The lowest BCUT2D eigenvalue weighted by molar-refractivity contribution is 0.438. The van der Waals surface area contributed by atoms with Crippen molar-refractivity contribution in [1.82, 2.24) is 4.98 Å². The van der Waals surface area contributed by atoms with Crippen molar-refractivity contribution >= 4 is 11.3 Å². The molecule has 1 N–H and O–H groups in total. The Hall–Kier alpha value is -2.35. The van der Waals surface area contributed by atoms with Gasteiger partial charge in [0.15, 0.2) is 0 Å². The minimum absolute atomic E-state index is 0.146. The van der Waals surface area contributed by atoms with Gasteiger partial charge in [-0.1, -0.05) is 90.5 Å². The van der Waals surface area contributed by atoms with Crippen molar-refractivity contribution in [1.29, 1.82) is 0 Å². The van der Waals surface area contributed by atoms with Crippen molar-refractivity contribution in [3.63, 3.8) is 0 Å². The summed E-state index contributed by atoms with van der Waals surface area (Å²) in [5.41, 5.74) is 13.7. The lowest BCUT2D eigenvalue weighted by Gasteiger charge is -2.23. The predicted molar refractivity (Wildman–Crippen MR) is 160 cm³/mol. The van der Waals surface area contributed by atoms with Crippen LogP contribution in [0.3, 0.4) is 0 Å². The third-order valence-electron chi connectivity index (χ3n) is 9.30. The van der Waals surface area contributed by atoms with E-state index in [1.54, 1.807) is 0 Å². The maximum absolute atomic E-state index is 5.53. The van der Waals surface area contributed by atoms with E-state index in [1.807, 2.05) is 0 Å². The van der Waals surface area contributed by atoms with Crippen LogP contribution in [0, 0.1) is 12.8 Å². The first-order valence-electron chi connectivity index (χ1n) is 15.1. The molecule has 0 saturated heterocycles. The molecule has 0 bridgehead atoms. The first kappa shape index (κ1) is 26.3. The summed E-state index contributed by atoms with van der Waals surface area (Å²) < 4.78 is 0. The van der Waals surface area contributed by atoms with Crippen molar-refractivity contribution in [2.24, 2.45) is 10.9 Å². The maximum atomic E-state index is 5.53. The maximum Gasteiger partial charge on any atom is 0.0765 e. The van der Waals surface area contributed by atoms with E-state index in [9.17, 15) is 0 Å². The first-order valence-corrected chi connectivity index (χ1v) is 15.1. The molecule has 198 valence electrons. The molecule has 0 unspecified atom stereocenters. The number of aryl methyl sites for hydroxylation is 1. The standard InChI is InChI=1S/C35H48N2/c1-7-29-24(3)33(37-34(29)27-16-12-9-13-17-27)31(26-18-20-28(21-19-26)35(4,5)6)32-23(2)22-30(36-32)25-14-10-8-11-15-25/h18-22,25,27,36H,7-17H2,1-6H3. The Morgan fingerprint density at radius 1 is 0.865 bits per heavy atom. The third-order valence-corrected chi connectivity index (χ3v) is 9.30. The average molecular weight is 497 g/mol. The quantitative estimate of drug-likeness (QED) is 0.426. The number of H-pyrrole nitrogens is 1. The highest BCUT2D eigenvalue weighted by molar-refractivity contribution is 6.08. The Bertz CT molecular complexity index is 1200. The molecule has 1 aromatic heterocycles. The predicted octanol–water partition coefficient (Wildman–Crippen LogP) is 10.2. The van der Waals surface area contributed by atoms with Crippen LogP contribution in [0.1, 0.15) is 139 Å². The van der Waals surface area contributed by atoms with E-state index < -0.39 is 0 Å². The highest BCUT2D eigenvalue weighted by Crippen LogP contribution is 2.42. The lowest BCUT2D eigenvalue weighted by Crippen LogP contribution is -2.18. The van der Waals surface area contributed by atoms with Gasteiger partial charge in [-0.05, 0) is 91.2 Å². The summed E-state index contributed by atoms with van der Waals surface area (Å²) in [5, 5.41) is 0. The highest BCUT2D eigenvalue weighted by atomic mass is 14.8. The second kappa shape index (κ2) is 10.8. The van der Waals surface area contributed by atoms with E-state index in [2.05, 4.69) is 76.9 Å². The van der Waals surface area contributed by atoms with Crippen LogP contribution in [0.25, 0.3) is 5.57 Å². The van der Waals surface area contributed by atoms with Gasteiger partial charge in [0, 0.05) is 22.9 Å². The molecule has 5 rings (SSSR count). The van der Waals surface area contributed by atoms with Gasteiger partial charge >= 0.3 is 0 Å². The summed E-state index contributed by atoms with van der Waals surface area (Å²) in [5.74, 6) is 1.30. The molecule has 0 atom stereocenters. The van der Waals surface area contributed by atoms with E-state index in [0.29, 0.717) is 11.8 Å². The molecule has 2 fully saturated rings. The molecule has 2 aromatic rings. The molecular weight excluding hydrogens is 448 g/mol. The van der Waals surface area contributed by atoms with E-state index in [-0.39, 0.29) is 5.41 Å². The number of allylic oxidation sites excluding steroid dienone is 2. The molecule has 1 aromatic carbocycles. The van der Waals surface area contributed by atoms with Gasteiger partial charge < -0.3 is 4.98 Å². The largest absolute Gasteiger partial charge is 0.358 e. The molecule has 0 amide bonds. The lowest BCUT2D eigenvalue weighted by atomic mass is 9.82. The molecule has 2 heteroatoms. The van der Waals surface area contributed by atoms with Gasteiger partial charge in [0.05, 0.1) is 11.4 Å². The first-order chi connectivity index (χ1) is 17.8. The molecule has 0 radical (unpaired) electrons. The SMILES string of the molecule is CCC1=C(C)C(=C(c2ccc(C(C)(C)C)cc2)c2[nH]c(C3CCCCC3)cc2C)N=C1C1CCCCC1. The van der Waals surface area contributed by atoms with Gasteiger partial charge in [0.25, 0.3) is 0 Å². The van der Waals surface area contributed by atoms with Crippen molar-refractivity contribution < 1.29 is 0 Å². The summed E-state index contributed by atoms with van der Waals surface area (Å²) in [6.45, 7) is 13.8. The molecule has 1 aliphatic heterocycles. The number of nitrogens with one attached hydrogen (secondary N) is 1. The number of rotatable bonds is 5. The van der Waals surface area contributed by atoms with E-state index in [0.717, 1.165) is 6.42 Å². The van der Waals surface area contributed by atoms with Crippen molar-refractivity contribution in [2.75, 3.05) is 0 Å². The van der Waals surface area contributed by atoms with Crippen LogP contribution in [0.15, 0.2) is 52.2 Å². The van der Waals surface area contributed by atoms with Gasteiger partial charge in [-0.15, -0.1) is 0 Å². The third kappa shape index (κ3) is 5.31. The van der Waals surface area contributed by atoms with Crippen LogP contribution >= 0.6 is 0 Å². The zero-order valence-corrected chi connectivity index (χ0v) is 24.3. The van der Waals surface area contributed by atoms with Gasteiger partial charge in [0.1, 0.15) is 0 Å². The number of hydrogen-bond acceptors (Lipinski definition) is 1. The fraction of sp³-hybridized carbons (Fsp3) is 0.571. The van der Waals surface area contributed by atoms with E-state index in [4.69, 9.17) is 4.99 Å². The summed E-state index contributed by atoms with van der Waals surface area (Å²) in [4.78, 5) is 9.50. The van der Waals surface area contributed by atoms with Crippen molar-refractivity contribution in [3.05, 3.63) is 75.3 Å². The topological polar surface area (TPSA) is 28.1 Å². The number of hydrogen-bond donors (Lipinski definition) is 1. The molecule has 0 spiro atoms. The summed E-state index contributed by atoms with van der Waals surface area (Å²) in [7, 11) is 0. The monoisotopic (exact) mass is 496 g/mol. The molecule has 2 saturated carbocycles. The minimum atomic E-state index is 0.146. The van der Waals surface area contributed by atoms with Crippen LogP contribution in [0.5, 0.6) is 0 Å². The number of aromatic amines is 1. The second-order valence-corrected chi connectivity index (χ2v) is 13.0. The zero-order valence-electron chi connectivity index (χ0n) is 24.3. The Morgan fingerprint density at radius 2 is 1.46 bits per heavy atom. The van der Waals surface area contributed by atoms with Gasteiger partial charge in [-0.25, -0.2) is 0 Å². The Labute approximate surface area is 225 Å². The fourth-order valence-corrected chi connectivity index (χ4v) is 7.02. The van der Waals surface area contributed by atoms with Gasteiger partial charge in [-0.2, -0.15) is 0 Å². The molecule has 2 aliphatic carbocycles. The minimum Gasteiger partial charge on any atom is -0.358 e. The van der Waals surface area contributed by atoms with Crippen LogP contribution in [-0.2, 0) is 5.41 Å². The Kier molecular flexibility index (Phi) is 7.66. The molecule has 3 aliphatic rings. The van der Waals surface area contributed by atoms with Crippen LogP contribution in [0.4, 0.5) is 0 Å². The number of aliphatic imine (C=N–C) groups is 1. The molecule has 2 nitrogen and oxygen atoms in total. The molecule has 37 heavy (non-hydrogen) atoms. The highest BCUT2D eigenvalue weighted by Gasteiger charge is 2.31. The molecule has 2 heterocycles. The smallest absolute Gasteiger partial charge is 0.0765 e. The van der Waals surface area contributed by atoms with Gasteiger partial charge in [0.2, 0.25) is 0 Å². The fourth-order valence-electron chi connectivity index (χ4n) is 7.02. The average Bonchev–Trinajstić information content (AvgIpc) is 3.45. The zero-order chi connectivity index (χ0) is 26.2. The van der Waals surface area contributed by atoms with Crippen molar-refractivity contribution in [3.8, 4) is 0 Å². The number of benzene rings is 1. The van der Waals surface area contributed by atoms with Crippen molar-refractivity contribution in [2.45, 2.75) is 124 Å². The Balaban J connectivity index is 1.67. The van der Waals surface area contributed by atoms with Crippen LogP contribution in [0.2, 0.25) is 0 Å². The summed E-state index contributed by atoms with van der Waals surface area (Å²) in [6.07, 6.45) is 14.5. The number of aromatic nitrogens is 1. The Morgan fingerprint density at radius 3 is 2.03 bits per heavy atom. The van der Waals surface area contributed by atoms with E-state index in [1.165, 1.54) is 120 Å². The van der Waals surface area contributed by atoms with Crippen LogP contribution in [-0.4, -0.2) is 10.7 Å². The van der Waals surface area contributed by atoms with Crippen LogP contribution < -0.4 is 0 Å². The van der Waals surface area contributed by atoms with Gasteiger partial charge in [-0.3, -0.25) is 4.99 Å². The van der Waals surface area contributed by atoms with E-state index >= 15 is 0 Å². The summed E-state index contributed by atoms with van der Waals surface area (Å²) >= 11 is 0. The normalized spacial score (nSPS) is 21.5. The number of nitrogens with zero attached hydrogens (tertiary/aromatic N) is 1. The molecular formula is C35H48N2.